The van der Waals surface area contributed by atoms with Gasteiger partial charge in [0.25, 0.3) is 0 Å². The lowest BCUT2D eigenvalue weighted by molar-refractivity contribution is 0.0971. The molecular formula is C18H29N3. The van der Waals surface area contributed by atoms with Gasteiger partial charge in [0.2, 0.25) is 0 Å². The molecule has 1 N–H and O–H groups in total. The van der Waals surface area contributed by atoms with Gasteiger partial charge in [-0.05, 0) is 45.8 Å². The minimum absolute atomic E-state index is 0.441. The number of benzene rings is 1. The van der Waals surface area contributed by atoms with E-state index in [1.807, 2.05) is 0 Å². The molecule has 2 saturated heterocycles. The average Bonchev–Trinajstić information content (AvgIpc) is 2.91. The van der Waals surface area contributed by atoms with Crippen molar-refractivity contribution >= 4 is 0 Å². The molecule has 116 valence electrons. The molecule has 3 heteroatoms. The molecule has 0 radical (unpaired) electrons. The van der Waals surface area contributed by atoms with Crippen LogP contribution in [0.1, 0.15) is 35.6 Å². The Kier molecular flexibility index (Phi) is 4.63. The fourth-order valence-corrected chi connectivity index (χ4v) is 4.05. The maximum Gasteiger partial charge on any atom is 0.0447 e. The van der Waals surface area contributed by atoms with Crippen molar-refractivity contribution in [3.8, 4) is 0 Å². The number of piperazine rings is 1. The van der Waals surface area contributed by atoms with Crippen LogP contribution in [0.4, 0.5) is 0 Å². The molecule has 0 aromatic heterocycles. The van der Waals surface area contributed by atoms with E-state index in [9.17, 15) is 0 Å². The van der Waals surface area contributed by atoms with E-state index in [1.54, 1.807) is 0 Å². The highest BCUT2D eigenvalue weighted by molar-refractivity contribution is 5.30. The first-order valence-corrected chi connectivity index (χ1v) is 8.37. The molecule has 0 bridgehead atoms. The van der Waals surface area contributed by atoms with Crippen LogP contribution in [0.5, 0.6) is 0 Å². The Morgan fingerprint density at radius 2 is 1.90 bits per heavy atom. The second-order valence-corrected chi connectivity index (χ2v) is 6.85. The normalized spacial score (nSPS) is 25.0. The predicted octanol–water partition coefficient (Wildman–Crippen LogP) is 2.34. The van der Waals surface area contributed by atoms with E-state index in [-0.39, 0.29) is 0 Å². The van der Waals surface area contributed by atoms with Gasteiger partial charge < -0.3 is 5.32 Å². The topological polar surface area (TPSA) is 18.5 Å². The zero-order chi connectivity index (χ0) is 14.8. The third-order valence-corrected chi connectivity index (χ3v) is 5.11. The number of hydrogen-bond donors (Lipinski definition) is 1. The average molecular weight is 287 g/mol. The van der Waals surface area contributed by atoms with Crippen molar-refractivity contribution < 1.29 is 0 Å². The zero-order valence-corrected chi connectivity index (χ0v) is 13.7. The minimum atomic E-state index is 0.441. The van der Waals surface area contributed by atoms with Crippen LogP contribution < -0.4 is 5.32 Å². The van der Waals surface area contributed by atoms with Crippen molar-refractivity contribution in [3.63, 3.8) is 0 Å². The summed E-state index contributed by atoms with van der Waals surface area (Å²) in [6.07, 6.45) is 2.79. The van der Waals surface area contributed by atoms with Crippen molar-refractivity contribution in [2.45, 2.75) is 38.8 Å². The van der Waals surface area contributed by atoms with E-state index in [0.717, 1.165) is 12.6 Å². The smallest absolute Gasteiger partial charge is 0.0447 e. The molecule has 0 aliphatic carbocycles. The van der Waals surface area contributed by atoms with Crippen LogP contribution in [0.3, 0.4) is 0 Å². The minimum Gasteiger partial charge on any atom is -0.312 e. The van der Waals surface area contributed by atoms with Gasteiger partial charge in [0.15, 0.2) is 0 Å². The second kappa shape index (κ2) is 6.47. The molecule has 1 aromatic rings. The Bertz CT molecular complexity index is 465. The van der Waals surface area contributed by atoms with Gasteiger partial charge in [-0.1, -0.05) is 29.3 Å². The SMILES string of the molecule is CNC(CN1CCN2CCCC2C1)c1cc(C)cc(C)c1. The van der Waals surface area contributed by atoms with E-state index in [1.165, 1.54) is 55.7 Å². The number of rotatable bonds is 4. The van der Waals surface area contributed by atoms with Crippen LogP contribution in [0.25, 0.3) is 0 Å². The number of hydrogen-bond acceptors (Lipinski definition) is 3. The summed E-state index contributed by atoms with van der Waals surface area (Å²) in [4.78, 5) is 5.34. The number of nitrogens with one attached hydrogen (secondary N) is 1. The van der Waals surface area contributed by atoms with Gasteiger partial charge in [-0.2, -0.15) is 0 Å². The summed E-state index contributed by atoms with van der Waals surface area (Å²) in [7, 11) is 2.09. The zero-order valence-electron chi connectivity index (χ0n) is 13.7. The van der Waals surface area contributed by atoms with Gasteiger partial charge in [0, 0.05) is 38.3 Å². The molecule has 2 aliphatic heterocycles. The maximum atomic E-state index is 3.52. The molecule has 2 aliphatic rings. The summed E-state index contributed by atoms with van der Waals surface area (Å²) in [6, 6.07) is 8.18. The van der Waals surface area contributed by atoms with E-state index >= 15 is 0 Å². The highest BCUT2D eigenvalue weighted by atomic mass is 15.3. The summed E-state index contributed by atoms with van der Waals surface area (Å²) >= 11 is 0. The van der Waals surface area contributed by atoms with E-state index in [0.29, 0.717) is 6.04 Å². The molecule has 21 heavy (non-hydrogen) atoms. The van der Waals surface area contributed by atoms with Crippen LogP contribution >= 0.6 is 0 Å². The summed E-state index contributed by atoms with van der Waals surface area (Å²) in [5, 5.41) is 3.52. The third-order valence-electron chi connectivity index (χ3n) is 5.11. The largest absolute Gasteiger partial charge is 0.312 e. The standard InChI is InChI=1S/C18H29N3/c1-14-9-15(2)11-16(10-14)18(19-3)13-20-7-8-21-6-4-5-17(21)12-20/h9-11,17-19H,4-8,12-13H2,1-3H3. The third kappa shape index (κ3) is 3.47. The van der Waals surface area contributed by atoms with Gasteiger partial charge in [0.1, 0.15) is 0 Å². The first-order valence-electron chi connectivity index (χ1n) is 8.37. The molecule has 0 spiro atoms. The molecule has 0 amide bonds. The van der Waals surface area contributed by atoms with Gasteiger partial charge in [-0.3, -0.25) is 9.80 Å². The highest BCUT2D eigenvalue weighted by Gasteiger charge is 2.31. The summed E-state index contributed by atoms with van der Waals surface area (Å²) in [5.41, 5.74) is 4.17. The van der Waals surface area contributed by atoms with Gasteiger partial charge in [-0.25, -0.2) is 0 Å². The lowest BCUT2D eigenvalue weighted by Crippen LogP contribution is -2.51. The van der Waals surface area contributed by atoms with Crippen molar-refractivity contribution in [1.29, 1.82) is 0 Å². The van der Waals surface area contributed by atoms with Gasteiger partial charge in [-0.15, -0.1) is 0 Å². The Balaban J connectivity index is 1.66. The molecule has 0 saturated carbocycles. The first kappa shape index (κ1) is 15.0. The molecular weight excluding hydrogens is 258 g/mol. The second-order valence-electron chi connectivity index (χ2n) is 6.85. The van der Waals surface area contributed by atoms with Crippen LogP contribution in [0, 0.1) is 13.8 Å². The lowest BCUT2D eigenvalue weighted by atomic mass is 10.0. The molecule has 2 heterocycles. The Morgan fingerprint density at radius 3 is 2.62 bits per heavy atom. The van der Waals surface area contributed by atoms with Crippen LogP contribution in [-0.2, 0) is 0 Å². The fraction of sp³-hybridized carbons (Fsp3) is 0.667. The summed E-state index contributed by atoms with van der Waals surface area (Å²) < 4.78 is 0. The highest BCUT2D eigenvalue weighted by Crippen LogP contribution is 2.24. The molecule has 2 atom stereocenters. The van der Waals surface area contributed by atoms with E-state index < -0.39 is 0 Å². The van der Waals surface area contributed by atoms with Crippen LogP contribution in [0.2, 0.25) is 0 Å². The number of fused-ring (bicyclic) bond motifs is 1. The van der Waals surface area contributed by atoms with E-state index in [4.69, 9.17) is 0 Å². The predicted molar refractivity (Wildman–Crippen MR) is 88.8 cm³/mol. The van der Waals surface area contributed by atoms with Crippen molar-refractivity contribution in [1.82, 2.24) is 15.1 Å². The molecule has 3 nitrogen and oxygen atoms in total. The van der Waals surface area contributed by atoms with Crippen molar-refractivity contribution in [3.05, 3.63) is 34.9 Å². The molecule has 3 rings (SSSR count). The Labute approximate surface area is 129 Å². The summed E-state index contributed by atoms with van der Waals surface area (Å²) in [6.45, 7) is 10.6. The Morgan fingerprint density at radius 1 is 1.14 bits per heavy atom. The van der Waals surface area contributed by atoms with Crippen molar-refractivity contribution in [2.75, 3.05) is 39.8 Å². The van der Waals surface area contributed by atoms with E-state index in [2.05, 4.69) is 54.2 Å². The number of aryl methyl sites for hydroxylation is 2. The monoisotopic (exact) mass is 287 g/mol. The van der Waals surface area contributed by atoms with Gasteiger partial charge >= 0.3 is 0 Å². The summed E-state index contributed by atoms with van der Waals surface area (Å²) in [5.74, 6) is 0. The van der Waals surface area contributed by atoms with Crippen molar-refractivity contribution in [2.24, 2.45) is 0 Å². The Hall–Kier alpha value is -0.900. The molecule has 2 fully saturated rings. The first-order chi connectivity index (χ1) is 10.2. The lowest BCUT2D eigenvalue weighted by Gasteiger charge is -2.39. The number of likely N-dealkylation sites (N-methyl/N-ethyl adjacent to an activating group) is 1. The van der Waals surface area contributed by atoms with Crippen LogP contribution in [0.15, 0.2) is 18.2 Å². The van der Waals surface area contributed by atoms with Crippen LogP contribution in [-0.4, -0.2) is 55.6 Å². The quantitative estimate of drug-likeness (QED) is 0.917. The fourth-order valence-electron chi connectivity index (χ4n) is 4.05. The maximum absolute atomic E-state index is 3.52. The van der Waals surface area contributed by atoms with Gasteiger partial charge in [0.05, 0.1) is 0 Å². The number of nitrogens with zero attached hydrogens (tertiary/aromatic N) is 2. The molecule has 2 unspecified atom stereocenters. The molecule has 1 aromatic carbocycles.